The lowest BCUT2D eigenvalue weighted by molar-refractivity contribution is 0.122. The molecule has 0 saturated carbocycles. The molecule has 0 aliphatic carbocycles. The smallest absolute Gasteiger partial charge is 0.243 e. The van der Waals surface area contributed by atoms with E-state index in [9.17, 15) is 8.42 Å². The molecule has 2 saturated heterocycles. The van der Waals surface area contributed by atoms with Crippen LogP contribution in [0.2, 0.25) is 0 Å². The van der Waals surface area contributed by atoms with Crippen LogP contribution in [0.5, 0.6) is 0 Å². The number of nitrogens with zero attached hydrogens (tertiary/aromatic N) is 6. The Morgan fingerprint density at radius 2 is 1.62 bits per heavy atom. The fourth-order valence-electron chi connectivity index (χ4n) is 3.44. The topological polar surface area (TPSA) is 103 Å². The summed E-state index contributed by atoms with van der Waals surface area (Å²) in [6.45, 7) is 4.71. The number of piperazine rings is 1. The zero-order chi connectivity index (χ0) is 20.3. The van der Waals surface area contributed by atoms with E-state index >= 15 is 0 Å². The summed E-state index contributed by atoms with van der Waals surface area (Å²) < 4.78 is 32.6. The average molecular weight is 414 g/mol. The van der Waals surface area contributed by atoms with Gasteiger partial charge >= 0.3 is 0 Å². The van der Waals surface area contributed by atoms with Crippen LogP contribution in [0.1, 0.15) is 5.56 Å². The number of sulfonamides is 1. The molecule has 1 aromatic heterocycles. The molecule has 0 spiro atoms. The number of aromatic nitrogens is 2. The lowest BCUT2D eigenvalue weighted by Gasteiger charge is -2.35. The molecule has 1 aromatic carbocycles. The standard InChI is InChI=1S/C19H22N6O3S/c20-15-16-1-3-17(4-2-16)29(26,27)25-9-7-23(8-10-25)18-5-6-21-19(22-18)24-11-13-28-14-12-24/h1-6H,7-14H2. The largest absolute Gasteiger partial charge is 0.378 e. The zero-order valence-corrected chi connectivity index (χ0v) is 16.8. The first-order valence-electron chi connectivity index (χ1n) is 9.49. The van der Waals surface area contributed by atoms with E-state index in [1.54, 1.807) is 6.20 Å². The van der Waals surface area contributed by atoms with Gasteiger partial charge in [-0.3, -0.25) is 0 Å². The molecule has 3 heterocycles. The summed E-state index contributed by atoms with van der Waals surface area (Å²) in [5.41, 5.74) is 0.439. The third-order valence-electron chi connectivity index (χ3n) is 5.11. The number of benzene rings is 1. The molecule has 4 rings (SSSR count). The Balaban J connectivity index is 1.43. The summed E-state index contributed by atoms with van der Waals surface area (Å²) in [7, 11) is -3.58. The molecule has 2 aliphatic rings. The molecule has 9 nitrogen and oxygen atoms in total. The number of anilines is 2. The zero-order valence-electron chi connectivity index (χ0n) is 15.9. The summed E-state index contributed by atoms with van der Waals surface area (Å²) in [4.78, 5) is 13.4. The van der Waals surface area contributed by atoms with Gasteiger partial charge in [-0.2, -0.15) is 14.6 Å². The van der Waals surface area contributed by atoms with Crippen molar-refractivity contribution in [3.8, 4) is 6.07 Å². The molecule has 0 unspecified atom stereocenters. The van der Waals surface area contributed by atoms with Crippen molar-refractivity contribution in [2.24, 2.45) is 0 Å². The Morgan fingerprint density at radius 1 is 0.931 bits per heavy atom. The maximum absolute atomic E-state index is 12.9. The fraction of sp³-hybridized carbons (Fsp3) is 0.421. The highest BCUT2D eigenvalue weighted by atomic mass is 32.2. The van der Waals surface area contributed by atoms with Gasteiger partial charge in [0.1, 0.15) is 5.82 Å². The van der Waals surface area contributed by atoms with E-state index in [2.05, 4.69) is 19.8 Å². The summed E-state index contributed by atoms with van der Waals surface area (Å²) >= 11 is 0. The van der Waals surface area contributed by atoms with Gasteiger partial charge < -0.3 is 14.5 Å². The number of nitriles is 1. The second-order valence-corrected chi connectivity index (χ2v) is 8.78. The SMILES string of the molecule is N#Cc1ccc(S(=O)(=O)N2CCN(c3ccnc(N4CCOCC4)n3)CC2)cc1. The van der Waals surface area contributed by atoms with Crippen molar-refractivity contribution < 1.29 is 13.2 Å². The van der Waals surface area contributed by atoms with Crippen LogP contribution >= 0.6 is 0 Å². The van der Waals surface area contributed by atoms with E-state index in [1.165, 1.54) is 28.6 Å². The van der Waals surface area contributed by atoms with E-state index in [0.717, 1.165) is 18.9 Å². The maximum Gasteiger partial charge on any atom is 0.243 e. The average Bonchev–Trinajstić information content (AvgIpc) is 2.80. The van der Waals surface area contributed by atoms with Crippen molar-refractivity contribution in [2.75, 3.05) is 62.3 Å². The molecule has 29 heavy (non-hydrogen) atoms. The highest BCUT2D eigenvalue weighted by Gasteiger charge is 2.29. The van der Waals surface area contributed by atoms with Crippen molar-refractivity contribution in [2.45, 2.75) is 4.90 Å². The van der Waals surface area contributed by atoms with Crippen molar-refractivity contribution >= 4 is 21.8 Å². The lowest BCUT2D eigenvalue weighted by Crippen LogP contribution is -2.49. The molecule has 2 aromatic rings. The predicted molar refractivity (Wildman–Crippen MR) is 107 cm³/mol. The van der Waals surface area contributed by atoms with E-state index in [4.69, 9.17) is 10.00 Å². The van der Waals surface area contributed by atoms with Crippen LogP contribution in [0.4, 0.5) is 11.8 Å². The van der Waals surface area contributed by atoms with Gasteiger partial charge in [0, 0.05) is 45.5 Å². The summed E-state index contributed by atoms with van der Waals surface area (Å²) in [5, 5.41) is 8.89. The van der Waals surface area contributed by atoms with Gasteiger partial charge in [0.15, 0.2) is 0 Å². The van der Waals surface area contributed by atoms with Gasteiger partial charge in [-0.1, -0.05) is 0 Å². The highest BCUT2D eigenvalue weighted by Crippen LogP contribution is 2.21. The molecule has 0 bridgehead atoms. The van der Waals surface area contributed by atoms with E-state index in [0.29, 0.717) is 50.9 Å². The third-order valence-corrected chi connectivity index (χ3v) is 7.02. The van der Waals surface area contributed by atoms with Crippen LogP contribution < -0.4 is 9.80 Å². The number of morpholine rings is 1. The maximum atomic E-state index is 12.9. The van der Waals surface area contributed by atoms with Crippen LogP contribution in [-0.4, -0.2) is 75.2 Å². The van der Waals surface area contributed by atoms with E-state index in [1.807, 2.05) is 12.1 Å². The van der Waals surface area contributed by atoms with Gasteiger partial charge in [-0.15, -0.1) is 0 Å². The van der Waals surface area contributed by atoms with Crippen LogP contribution in [0.15, 0.2) is 41.4 Å². The van der Waals surface area contributed by atoms with Crippen molar-refractivity contribution in [1.82, 2.24) is 14.3 Å². The number of hydrogen-bond acceptors (Lipinski definition) is 8. The number of hydrogen-bond donors (Lipinski definition) is 0. The molecule has 152 valence electrons. The van der Waals surface area contributed by atoms with Crippen molar-refractivity contribution in [1.29, 1.82) is 5.26 Å². The second-order valence-electron chi connectivity index (χ2n) is 6.84. The van der Waals surface area contributed by atoms with Gasteiger partial charge in [0.05, 0.1) is 29.7 Å². The van der Waals surface area contributed by atoms with Gasteiger partial charge in [-0.25, -0.2) is 13.4 Å². The molecule has 2 fully saturated rings. The van der Waals surface area contributed by atoms with Crippen LogP contribution in [-0.2, 0) is 14.8 Å². The Hall–Kier alpha value is -2.74. The number of ether oxygens (including phenoxy) is 1. The first-order chi connectivity index (χ1) is 14.1. The summed E-state index contributed by atoms with van der Waals surface area (Å²) in [5.74, 6) is 1.48. The predicted octanol–water partition coefficient (Wildman–Crippen LogP) is 0.696. The molecule has 10 heteroatoms. The minimum Gasteiger partial charge on any atom is -0.378 e. The normalized spacial score (nSPS) is 18.4. The van der Waals surface area contributed by atoms with E-state index in [-0.39, 0.29) is 4.90 Å². The first-order valence-corrected chi connectivity index (χ1v) is 10.9. The molecule has 0 amide bonds. The molecule has 0 atom stereocenters. The van der Waals surface area contributed by atoms with Crippen LogP contribution in [0, 0.1) is 11.3 Å². The molecule has 0 N–H and O–H groups in total. The Morgan fingerprint density at radius 3 is 2.28 bits per heavy atom. The Labute approximate surface area is 170 Å². The van der Waals surface area contributed by atoms with Crippen molar-refractivity contribution in [3.63, 3.8) is 0 Å². The van der Waals surface area contributed by atoms with Gasteiger partial charge in [0.2, 0.25) is 16.0 Å². The van der Waals surface area contributed by atoms with E-state index < -0.39 is 10.0 Å². The van der Waals surface area contributed by atoms with Gasteiger partial charge in [-0.05, 0) is 30.3 Å². The molecule has 2 aliphatic heterocycles. The quantitative estimate of drug-likeness (QED) is 0.720. The first kappa shape index (κ1) is 19.6. The highest BCUT2D eigenvalue weighted by molar-refractivity contribution is 7.89. The summed E-state index contributed by atoms with van der Waals surface area (Å²) in [6, 6.07) is 9.88. The molecular formula is C19H22N6O3S. The van der Waals surface area contributed by atoms with Crippen LogP contribution in [0.3, 0.4) is 0 Å². The Kier molecular flexibility index (Phi) is 5.62. The second kappa shape index (κ2) is 8.32. The Bertz CT molecular complexity index is 991. The fourth-order valence-corrected chi connectivity index (χ4v) is 4.86. The minimum atomic E-state index is -3.58. The molecule has 0 radical (unpaired) electrons. The van der Waals surface area contributed by atoms with Gasteiger partial charge in [0.25, 0.3) is 0 Å². The summed E-state index contributed by atoms with van der Waals surface area (Å²) in [6.07, 6.45) is 1.74. The number of rotatable bonds is 4. The minimum absolute atomic E-state index is 0.210. The lowest BCUT2D eigenvalue weighted by atomic mass is 10.2. The molecular weight excluding hydrogens is 392 g/mol. The monoisotopic (exact) mass is 414 g/mol. The van der Waals surface area contributed by atoms with Crippen molar-refractivity contribution in [3.05, 3.63) is 42.1 Å². The van der Waals surface area contributed by atoms with Crippen LogP contribution in [0.25, 0.3) is 0 Å². The third kappa shape index (κ3) is 4.17.